The van der Waals surface area contributed by atoms with Crippen molar-refractivity contribution >= 4 is 27.7 Å². The molecule has 0 fully saturated rings. The lowest BCUT2D eigenvalue weighted by Crippen LogP contribution is -2.53. The first-order valence-electron chi connectivity index (χ1n) is 5.13. The van der Waals surface area contributed by atoms with E-state index < -0.39 is 11.4 Å². The average molecular weight is 299 g/mol. The number of hydrogen-bond donors (Lipinski definition) is 2. The van der Waals surface area contributed by atoms with Gasteiger partial charge in [-0.1, -0.05) is 22.0 Å². The molecule has 0 aromatic heterocycles. The molecule has 0 bridgehead atoms. The minimum Gasteiger partial charge on any atom is -0.368 e. The SMILES string of the molecule is Cc1c(Br)cccc1C(=O)NC(C)(C)C(N)=O. The number of rotatable bonds is 3. The van der Waals surface area contributed by atoms with Gasteiger partial charge in [0.1, 0.15) is 5.54 Å². The topological polar surface area (TPSA) is 72.2 Å². The van der Waals surface area contributed by atoms with Gasteiger partial charge in [0.15, 0.2) is 0 Å². The van der Waals surface area contributed by atoms with Crippen LogP contribution in [0.2, 0.25) is 0 Å². The van der Waals surface area contributed by atoms with Crippen molar-refractivity contribution < 1.29 is 9.59 Å². The predicted octanol–water partition coefficient (Wildman–Crippen LogP) is 1.75. The van der Waals surface area contributed by atoms with Crippen molar-refractivity contribution in [1.29, 1.82) is 0 Å². The van der Waals surface area contributed by atoms with Crippen molar-refractivity contribution in [2.24, 2.45) is 5.73 Å². The van der Waals surface area contributed by atoms with Crippen LogP contribution in [0.15, 0.2) is 22.7 Å². The lowest BCUT2D eigenvalue weighted by atomic mass is 10.0. The molecular formula is C12H15BrN2O2. The Morgan fingerprint density at radius 3 is 2.47 bits per heavy atom. The zero-order chi connectivity index (χ0) is 13.2. The van der Waals surface area contributed by atoms with Crippen molar-refractivity contribution in [3.05, 3.63) is 33.8 Å². The van der Waals surface area contributed by atoms with E-state index in [1.807, 2.05) is 13.0 Å². The van der Waals surface area contributed by atoms with Crippen molar-refractivity contribution in [2.75, 3.05) is 0 Å². The van der Waals surface area contributed by atoms with Crippen LogP contribution in [0.25, 0.3) is 0 Å². The predicted molar refractivity (Wildman–Crippen MR) is 69.6 cm³/mol. The van der Waals surface area contributed by atoms with E-state index in [0.717, 1.165) is 10.0 Å². The zero-order valence-electron chi connectivity index (χ0n) is 10.0. The van der Waals surface area contributed by atoms with Crippen molar-refractivity contribution in [3.8, 4) is 0 Å². The Kier molecular flexibility index (Phi) is 3.93. The van der Waals surface area contributed by atoms with Crippen LogP contribution < -0.4 is 11.1 Å². The summed E-state index contributed by atoms with van der Waals surface area (Å²) in [4.78, 5) is 23.1. The fraction of sp³-hybridized carbons (Fsp3) is 0.333. The number of nitrogens with two attached hydrogens (primary N) is 1. The molecule has 0 aliphatic heterocycles. The van der Waals surface area contributed by atoms with Crippen molar-refractivity contribution in [2.45, 2.75) is 26.3 Å². The highest BCUT2D eigenvalue weighted by atomic mass is 79.9. The molecule has 0 radical (unpaired) electrons. The van der Waals surface area contributed by atoms with Crippen LogP contribution in [0.1, 0.15) is 29.8 Å². The number of carbonyl (C=O) groups excluding carboxylic acids is 2. The van der Waals surface area contributed by atoms with Crippen LogP contribution >= 0.6 is 15.9 Å². The first-order valence-corrected chi connectivity index (χ1v) is 5.92. The van der Waals surface area contributed by atoms with Crippen LogP contribution in [-0.2, 0) is 4.79 Å². The van der Waals surface area contributed by atoms with E-state index in [1.165, 1.54) is 0 Å². The molecule has 1 aromatic rings. The maximum absolute atomic E-state index is 12.0. The number of nitrogens with one attached hydrogen (secondary N) is 1. The molecule has 1 aromatic carbocycles. The fourth-order valence-corrected chi connectivity index (χ4v) is 1.63. The molecule has 3 N–H and O–H groups in total. The number of carbonyl (C=O) groups is 2. The van der Waals surface area contributed by atoms with E-state index in [9.17, 15) is 9.59 Å². The molecular weight excluding hydrogens is 284 g/mol. The van der Waals surface area contributed by atoms with Gasteiger partial charge in [0.25, 0.3) is 5.91 Å². The lowest BCUT2D eigenvalue weighted by molar-refractivity contribution is -0.122. The Hall–Kier alpha value is -1.36. The first-order chi connectivity index (χ1) is 7.75. The molecule has 0 saturated heterocycles. The van der Waals surface area contributed by atoms with E-state index in [2.05, 4.69) is 21.2 Å². The van der Waals surface area contributed by atoms with Gasteiger partial charge in [-0.05, 0) is 38.5 Å². The summed E-state index contributed by atoms with van der Waals surface area (Å²) in [5, 5.41) is 2.61. The van der Waals surface area contributed by atoms with Gasteiger partial charge in [0.2, 0.25) is 5.91 Å². The molecule has 5 heteroatoms. The summed E-state index contributed by atoms with van der Waals surface area (Å²) >= 11 is 3.35. The van der Waals surface area contributed by atoms with Crippen LogP contribution in [0.3, 0.4) is 0 Å². The van der Waals surface area contributed by atoms with Gasteiger partial charge in [0.05, 0.1) is 0 Å². The monoisotopic (exact) mass is 298 g/mol. The summed E-state index contributed by atoms with van der Waals surface area (Å²) in [5.41, 5.74) is 5.48. The van der Waals surface area contributed by atoms with Gasteiger partial charge < -0.3 is 11.1 Å². The fourth-order valence-electron chi connectivity index (χ4n) is 1.27. The Balaban J connectivity index is 2.99. The maximum atomic E-state index is 12.0. The normalized spacial score (nSPS) is 11.1. The molecule has 0 heterocycles. The summed E-state index contributed by atoms with van der Waals surface area (Å²) < 4.78 is 0.849. The molecule has 17 heavy (non-hydrogen) atoms. The minimum absolute atomic E-state index is 0.312. The van der Waals surface area contributed by atoms with Crippen LogP contribution in [-0.4, -0.2) is 17.4 Å². The lowest BCUT2D eigenvalue weighted by Gasteiger charge is -2.22. The summed E-state index contributed by atoms with van der Waals surface area (Å²) in [7, 11) is 0. The van der Waals surface area contributed by atoms with Crippen molar-refractivity contribution in [1.82, 2.24) is 5.32 Å². The smallest absolute Gasteiger partial charge is 0.252 e. The summed E-state index contributed by atoms with van der Waals surface area (Å²) in [6, 6.07) is 5.32. The number of halogens is 1. The third-order valence-electron chi connectivity index (χ3n) is 2.55. The van der Waals surface area contributed by atoms with Gasteiger partial charge in [-0.2, -0.15) is 0 Å². The highest BCUT2D eigenvalue weighted by Crippen LogP contribution is 2.19. The molecule has 1 rings (SSSR count). The standard InChI is InChI=1S/C12H15BrN2O2/c1-7-8(5-4-6-9(7)13)10(16)15-12(2,3)11(14)17/h4-6H,1-3H3,(H2,14,17)(H,15,16). The molecule has 92 valence electrons. The van der Waals surface area contributed by atoms with Gasteiger partial charge >= 0.3 is 0 Å². The highest BCUT2D eigenvalue weighted by Gasteiger charge is 2.27. The number of benzene rings is 1. The Bertz CT molecular complexity index is 470. The molecule has 0 atom stereocenters. The molecule has 0 aliphatic rings. The second kappa shape index (κ2) is 4.87. The second-order valence-electron chi connectivity index (χ2n) is 4.36. The Morgan fingerprint density at radius 2 is 1.94 bits per heavy atom. The summed E-state index contributed by atoms with van der Waals surface area (Å²) in [6.45, 7) is 4.97. The average Bonchev–Trinajstić information content (AvgIpc) is 2.21. The van der Waals surface area contributed by atoms with E-state index in [4.69, 9.17) is 5.73 Å². The highest BCUT2D eigenvalue weighted by molar-refractivity contribution is 9.10. The van der Waals surface area contributed by atoms with Crippen LogP contribution in [0.4, 0.5) is 0 Å². The summed E-state index contributed by atoms with van der Waals surface area (Å²) in [6.07, 6.45) is 0. The third kappa shape index (κ3) is 3.06. The van der Waals surface area contributed by atoms with Gasteiger partial charge in [-0.15, -0.1) is 0 Å². The largest absolute Gasteiger partial charge is 0.368 e. The molecule has 2 amide bonds. The quantitative estimate of drug-likeness (QED) is 0.892. The van der Waals surface area contributed by atoms with Crippen LogP contribution in [0, 0.1) is 6.92 Å². The second-order valence-corrected chi connectivity index (χ2v) is 5.21. The summed E-state index contributed by atoms with van der Waals surface area (Å²) in [5.74, 6) is -0.883. The Morgan fingerprint density at radius 1 is 1.35 bits per heavy atom. The van der Waals surface area contributed by atoms with Crippen LogP contribution in [0.5, 0.6) is 0 Å². The van der Waals surface area contributed by atoms with Gasteiger partial charge in [-0.25, -0.2) is 0 Å². The number of amides is 2. The molecule has 0 spiro atoms. The van der Waals surface area contributed by atoms with E-state index in [-0.39, 0.29) is 5.91 Å². The molecule has 0 saturated carbocycles. The maximum Gasteiger partial charge on any atom is 0.252 e. The first kappa shape index (κ1) is 13.7. The zero-order valence-corrected chi connectivity index (χ0v) is 11.6. The van der Waals surface area contributed by atoms with E-state index in [1.54, 1.807) is 26.0 Å². The third-order valence-corrected chi connectivity index (χ3v) is 3.41. The van der Waals surface area contributed by atoms with E-state index in [0.29, 0.717) is 5.56 Å². The minimum atomic E-state index is -1.06. The molecule has 0 unspecified atom stereocenters. The molecule has 4 nitrogen and oxygen atoms in total. The Labute approximate surface area is 109 Å². The van der Waals surface area contributed by atoms with Gasteiger partial charge in [0, 0.05) is 10.0 Å². The van der Waals surface area contributed by atoms with Gasteiger partial charge in [-0.3, -0.25) is 9.59 Å². The number of primary amides is 1. The number of hydrogen-bond acceptors (Lipinski definition) is 2. The molecule has 0 aliphatic carbocycles. The van der Waals surface area contributed by atoms with E-state index >= 15 is 0 Å². The van der Waals surface area contributed by atoms with Crippen molar-refractivity contribution in [3.63, 3.8) is 0 Å².